The molecule has 0 aromatic heterocycles. The molecule has 0 saturated heterocycles. The zero-order chi connectivity index (χ0) is 14.5. The molecule has 0 heterocycles. The number of hydrogen-bond acceptors (Lipinski definition) is 8. The molecule has 4 atom stereocenters. The molecular formula is C7H15O10P. The van der Waals surface area contributed by atoms with Crippen LogP contribution in [0, 0.1) is 0 Å². The van der Waals surface area contributed by atoms with Gasteiger partial charge in [0.2, 0.25) is 0 Å². The summed E-state index contributed by atoms with van der Waals surface area (Å²) in [6.45, 7) is -2.11. The molecule has 0 aliphatic carbocycles. The fourth-order valence-corrected chi connectivity index (χ4v) is 1.24. The monoisotopic (exact) mass is 290 g/mol. The molecule has 108 valence electrons. The first-order chi connectivity index (χ1) is 8.10. The van der Waals surface area contributed by atoms with Crippen LogP contribution in [0.5, 0.6) is 0 Å². The number of hydrogen-bond donors (Lipinski definition) is 7. The zero-order valence-electron chi connectivity index (χ0n) is 9.03. The van der Waals surface area contributed by atoms with Gasteiger partial charge in [0, 0.05) is 0 Å². The van der Waals surface area contributed by atoms with Crippen molar-refractivity contribution in [1.82, 2.24) is 0 Å². The lowest BCUT2D eigenvalue weighted by Crippen LogP contribution is -2.49. The van der Waals surface area contributed by atoms with E-state index in [-0.39, 0.29) is 0 Å². The van der Waals surface area contributed by atoms with Crippen LogP contribution in [0.25, 0.3) is 0 Å². The predicted octanol–water partition coefficient (Wildman–Crippen LogP) is -3.90. The van der Waals surface area contributed by atoms with E-state index in [4.69, 9.17) is 25.1 Å². The van der Waals surface area contributed by atoms with Gasteiger partial charge in [-0.3, -0.25) is 9.32 Å². The van der Waals surface area contributed by atoms with Crippen LogP contribution in [0.15, 0.2) is 0 Å². The number of phosphoric acid groups is 1. The Bertz CT molecular complexity index is 313. The van der Waals surface area contributed by atoms with Gasteiger partial charge < -0.3 is 35.3 Å². The van der Waals surface area contributed by atoms with Crippen LogP contribution in [-0.4, -0.2) is 78.7 Å². The van der Waals surface area contributed by atoms with Crippen molar-refractivity contribution in [2.75, 3.05) is 13.2 Å². The second kappa shape index (κ2) is 7.24. The highest BCUT2D eigenvalue weighted by molar-refractivity contribution is 7.46. The van der Waals surface area contributed by atoms with Gasteiger partial charge in [0.05, 0.1) is 6.61 Å². The summed E-state index contributed by atoms with van der Waals surface area (Å²) in [5.41, 5.74) is 0. The Labute approximate surface area is 101 Å². The van der Waals surface area contributed by atoms with Crippen molar-refractivity contribution in [3.8, 4) is 0 Å². The van der Waals surface area contributed by atoms with Crippen LogP contribution in [0.2, 0.25) is 0 Å². The van der Waals surface area contributed by atoms with Crippen molar-refractivity contribution in [3.05, 3.63) is 0 Å². The molecule has 7 N–H and O–H groups in total. The van der Waals surface area contributed by atoms with Gasteiger partial charge in [0.1, 0.15) is 31.0 Å². The molecule has 18 heavy (non-hydrogen) atoms. The Morgan fingerprint density at radius 3 is 2.00 bits per heavy atom. The van der Waals surface area contributed by atoms with Crippen LogP contribution in [-0.2, 0) is 13.9 Å². The fourth-order valence-electron chi connectivity index (χ4n) is 0.946. The molecule has 0 amide bonds. The summed E-state index contributed by atoms with van der Waals surface area (Å²) in [5.74, 6) is -1.31. The predicted molar refractivity (Wildman–Crippen MR) is 54.1 cm³/mol. The Morgan fingerprint density at radius 1 is 1.11 bits per heavy atom. The molecular weight excluding hydrogens is 275 g/mol. The maximum Gasteiger partial charge on any atom is 0.470 e. The van der Waals surface area contributed by atoms with Gasteiger partial charge in [0.15, 0.2) is 5.78 Å². The van der Waals surface area contributed by atoms with Gasteiger partial charge >= 0.3 is 7.82 Å². The Hall–Kier alpha value is -0.420. The largest absolute Gasteiger partial charge is 0.470 e. The van der Waals surface area contributed by atoms with E-state index >= 15 is 0 Å². The van der Waals surface area contributed by atoms with E-state index in [0.29, 0.717) is 0 Å². The molecule has 10 nitrogen and oxygen atoms in total. The smallest absolute Gasteiger partial charge is 0.394 e. The maximum absolute atomic E-state index is 11.1. The van der Waals surface area contributed by atoms with E-state index in [1.54, 1.807) is 0 Å². The lowest BCUT2D eigenvalue weighted by Gasteiger charge is -2.24. The molecule has 11 heteroatoms. The van der Waals surface area contributed by atoms with E-state index in [0.717, 1.165) is 0 Å². The summed E-state index contributed by atoms with van der Waals surface area (Å²) >= 11 is 0. The third-order valence-corrected chi connectivity index (χ3v) is 2.43. The number of carbonyl (C=O) groups is 1. The highest BCUT2D eigenvalue weighted by Gasteiger charge is 2.34. The van der Waals surface area contributed by atoms with Crippen molar-refractivity contribution < 1.29 is 49.2 Å². The van der Waals surface area contributed by atoms with Crippen molar-refractivity contribution in [1.29, 1.82) is 0 Å². The van der Waals surface area contributed by atoms with Gasteiger partial charge in [-0.05, 0) is 0 Å². The minimum absolute atomic E-state index is 0.919. The molecule has 0 rings (SSSR count). The molecule has 0 spiro atoms. The number of rotatable bonds is 8. The van der Waals surface area contributed by atoms with Crippen molar-refractivity contribution in [2.45, 2.75) is 24.4 Å². The normalized spacial score (nSPS) is 19.1. The van der Waals surface area contributed by atoms with Gasteiger partial charge in [0.25, 0.3) is 0 Å². The summed E-state index contributed by atoms with van der Waals surface area (Å²) in [7, 11) is -4.90. The second-order valence-electron chi connectivity index (χ2n) is 3.41. The number of phosphoric ester groups is 1. The van der Waals surface area contributed by atoms with E-state index in [2.05, 4.69) is 4.52 Å². The van der Waals surface area contributed by atoms with E-state index in [1.165, 1.54) is 0 Å². The van der Waals surface area contributed by atoms with E-state index < -0.39 is 51.2 Å². The molecule has 0 bridgehead atoms. The summed E-state index contributed by atoms with van der Waals surface area (Å²) in [4.78, 5) is 27.7. The standard InChI is InChI=1S/C7H15O10P/c8-1-3(9)5(11)7(13)6(12)4(10)2-17-18(14,15)16/h3,5-9,11-13H,1-2H2,(H2,14,15,16). The molecule has 0 saturated carbocycles. The number of aliphatic hydroxyl groups is 5. The Balaban J connectivity index is 4.41. The van der Waals surface area contributed by atoms with E-state index in [9.17, 15) is 19.6 Å². The highest BCUT2D eigenvalue weighted by Crippen LogP contribution is 2.35. The van der Waals surface area contributed by atoms with Crippen molar-refractivity contribution in [3.63, 3.8) is 0 Å². The number of Topliss-reactive ketones (excluding diaryl/α,β-unsaturated/α-hetero) is 1. The van der Waals surface area contributed by atoms with Gasteiger partial charge in [-0.1, -0.05) is 0 Å². The second-order valence-corrected chi connectivity index (χ2v) is 4.65. The zero-order valence-corrected chi connectivity index (χ0v) is 9.92. The van der Waals surface area contributed by atoms with E-state index in [1.807, 2.05) is 0 Å². The Morgan fingerprint density at radius 2 is 1.61 bits per heavy atom. The number of ketones is 1. The minimum Gasteiger partial charge on any atom is -0.394 e. The fraction of sp³-hybridized carbons (Fsp3) is 0.857. The van der Waals surface area contributed by atoms with Crippen LogP contribution in [0.4, 0.5) is 0 Å². The maximum atomic E-state index is 11.1. The molecule has 0 aromatic carbocycles. The number of aliphatic hydroxyl groups excluding tert-OH is 5. The molecule has 0 fully saturated rings. The minimum atomic E-state index is -4.90. The third-order valence-electron chi connectivity index (χ3n) is 1.96. The quantitative estimate of drug-likeness (QED) is 0.218. The summed E-state index contributed by atoms with van der Waals surface area (Å²) in [6.07, 6.45) is -8.16. The molecule has 0 radical (unpaired) electrons. The van der Waals surface area contributed by atoms with Gasteiger partial charge in [-0.15, -0.1) is 0 Å². The Kier molecular flexibility index (Phi) is 7.07. The summed E-state index contributed by atoms with van der Waals surface area (Å²) < 4.78 is 14.1. The average Bonchev–Trinajstić information content (AvgIpc) is 2.31. The first-order valence-corrected chi connectivity index (χ1v) is 6.19. The molecule has 0 aliphatic heterocycles. The molecule has 0 aromatic rings. The highest BCUT2D eigenvalue weighted by atomic mass is 31.2. The first-order valence-electron chi connectivity index (χ1n) is 4.66. The summed E-state index contributed by atoms with van der Waals surface area (Å²) in [5, 5.41) is 45.0. The van der Waals surface area contributed by atoms with Gasteiger partial charge in [-0.25, -0.2) is 4.57 Å². The third kappa shape index (κ3) is 5.96. The van der Waals surface area contributed by atoms with Crippen LogP contribution in [0.1, 0.15) is 0 Å². The molecule has 4 unspecified atom stereocenters. The van der Waals surface area contributed by atoms with Crippen molar-refractivity contribution in [2.24, 2.45) is 0 Å². The van der Waals surface area contributed by atoms with Crippen LogP contribution in [0.3, 0.4) is 0 Å². The van der Waals surface area contributed by atoms with Crippen LogP contribution >= 0.6 is 7.82 Å². The first kappa shape index (κ1) is 17.6. The van der Waals surface area contributed by atoms with Gasteiger partial charge in [-0.2, -0.15) is 0 Å². The molecule has 0 aliphatic rings. The number of carbonyl (C=O) groups excluding carboxylic acids is 1. The lowest BCUT2D eigenvalue weighted by molar-refractivity contribution is -0.149. The van der Waals surface area contributed by atoms with Crippen LogP contribution < -0.4 is 0 Å². The van der Waals surface area contributed by atoms with Crippen molar-refractivity contribution >= 4 is 13.6 Å². The topological polar surface area (TPSA) is 185 Å². The SMILES string of the molecule is O=C(COP(=O)(O)O)C(O)C(O)C(O)C(O)CO. The summed E-state index contributed by atoms with van der Waals surface area (Å²) in [6, 6.07) is 0. The average molecular weight is 290 g/mol. The lowest BCUT2D eigenvalue weighted by atomic mass is 10.0.